The van der Waals surface area contributed by atoms with Gasteiger partial charge in [-0.3, -0.25) is 0 Å². The summed E-state index contributed by atoms with van der Waals surface area (Å²) in [5.74, 6) is -0.477. The van der Waals surface area contributed by atoms with E-state index in [4.69, 9.17) is 26.8 Å². The molecule has 0 saturated carbocycles. The number of hydrogen-bond donors (Lipinski definition) is 2. The smallest absolute Gasteiger partial charge is 0.336 e. The molecule has 0 amide bonds. The van der Waals surface area contributed by atoms with Gasteiger partial charge in [-0.25, -0.2) is 9.59 Å². The van der Waals surface area contributed by atoms with Gasteiger partial charge < -0.3 is 20.5 Å². The number of carbonyl (C=O) groups is 2. The molecule has 2 rings (SSSR count). The molecular formula is C19H23ClN2O4S. The molecular weight excluding hydrogens is 388 g/mol. The van der Waals surface area contributed by atoms with E-state index in [0.717, 1.165) is 5.75 Å². The molecule has 0 saturated heterocycles. The highest BCUT2D eigenvalue weighted by Crippen LogP contribution is 2.42. The van der Waals surface area contributed by atoms with Crippen LogP contribution in [0.3, 0.4) is 0 Å². The predicted molar refractivity (Wildman–Crippen MR) is 107 cm³/mol. The quantitative estimate of drug-likeness (QED) is 0.527. The number of dihydropyridines is 1. The minimum atomic E-state index is -0.687. The zero-order valence-electron chi connectivity index (χ0n) is 15.5. The van der Waals surface area contributed by atoms with Gasteiger partial charge in [-0.1, -0.05) is 29.8 Å². The number of hydrogen-bond acceptors (Lipinski definition) is 7. The van der Waals surface area contributed by atoms with E-state index < -0.39 is 17.9 Å². The third kappa shape index (κ3) is 4.66. The maximum atomic E-state index is 12.7. The number of allylic oxidation sites excluding steroid dienone is 1. The second-order valence-electron chi connectivity index (χ2n) is 5.83. The summed E-state index contributed by atoms with van der Waals surface area (Å²) in [5.41, 5.74) is 8.18. The normalized spacial score (nSPS) is 16.9. The number of methoxy groups -OCH3 is 2. The second kappa shape index (κ2) is 9.82. The maximum Gasteiger partial charge on any atom is 0.336 e. The molecule has 1 unspecified atom stereocenters. The van der Waals surface area contributed by atoms with Crippen molar-refractivity contribution in [1.82, 2.24) is 5.32 Å². The summed E-state index contributed by atoms with van der Waals surface area (Å²) < 4.78 is 10.00. The molecule has 3 N–H and O–H groups in total. The van der Waals surface area contributed by atoms with Crippen molar-refractivity contribution in [2.45, 2.75) is 12.8 Å². The Hall–Kier alpha value is -1.96. The fourth-order valence-electron chi connectivity index (χ4n) is 3.02. The molecule has 0 aliphatic carbocycles. The van der Waals surface area contributed by atoms with Gasteiger partial charge in [-0.2, -0.15) is 11.8 Å². The lowest BCUT2D eigenvalue weighted by molar-refractivity contribution is -0.137. The third-order valence-corrected chi connectivity index (χ3v) is 5.54. The molecule has 1 atom stereocenters. The van der Waals surface area contributed by atoms with E-state index in [1.807, 2.05) is 6.07 Å². The molecule has 0 aromatic heterocycles. The van der Waals surface area contributed by atoms with Gasteiger partial charge in [-0.15, -0.1) is 0 Å². The highest BCUT2D eigenvalue weighted by Gasteiger charge is 2.39. The number of ether oxygens (including phenoxy) is 2. The van der Waals surface area contributed by atoms with Crippen LogP contribution in [0.15, 0.2) is 46.8 Å². The lowest BCUT2D eigenvalue weighted by Gasteiger charge is -2.31. The monoisotopic (exact) mass is 410 g/mol. The average Bonchev–Trinajstić information content (AvgIpc) is 2.67. The first kappa shape index (κ1) is 21.3. The number of halogens is 1. The average molecular weight is 411 g/mol. The molecule has 6 nitrogen and oxygen atoms in total. The summed E-state index contributed by atoms with van der Waals surface area (Å²) in [6.07, 6.45) is 0. The van der Waals surface area contributed by atoms with Crippen LogP contribution >= 0.6 is 23.4 Å². The summed E-state index contributed by atoms with van der Waals surface area (Å²) in [6, 6.07) is 7.12. The highest BCUT2D eigenvalue weighted by atomic mass is 35.5. The minimum absolute atomic E-state index is 0.332. The van der Waals surface area contributed by atoms with E-state index >= 15 is 0 Å². The number of benzene rings is 1. The van der Waals surface area contributed by atoms with E-state index in [-0.39, 0.29) is 0 Å². The fraction of sp³-hybridized carbons (Fsp3) is 0.368. The number of carbonyl (C=O) groups excluding carboxylic acids is 2. The fourth-order valence-corrected chi connectivity index (χ4v) is 4.01. The Kier molecular flexibility index (Phi) is 7.77. The molecule has 0 radical (unpaired) electrons. The summed E-state index contributed by atoms with van der Waals surface area (Å²) >= 11 is 8.00. The highest BCUT2D eigenvalue weighted by molar-refractivity contribution is 7.99. The van der Waals surface area contributed by atoms with Crippen molar-refractivity contribution in [2.24, 2.45) is 5.73 Å². The summed E-state index contributed by atoms with van der Waals surface area (Å²) in [7, 11) is 2.62. The Morgan fingerprint density at radius 2 is 1.81 bits per heavy atom. The van der Waals surface area contributed by atoms with Crippen molar-refractivity contribution in [3.63, 3.8) is 0 Å². The van der Waals surface area contributed by atoms with Gasteiger partial charge in [0.25, 0.3) is 0 Å². The molecule has 27 heavy (non-hydrogen) atoms. The number of esters is 2. The second-order valence-corrected chi connectivity index (χ2v) is 7.35. The minimum Gasteiger partial charge on any atom is -0.466 e. The van der Waals surface area contributed by atoms with Crippen molar-refractivity contribution in [3.8, 4) is 0 Å². The largest absolute Gasteiger partial charge is 0.466 e. The zero-order chi connectivity index (χ0) is 20.0. The lowest BCUT2D eigenvalue weighted by Crippen LogP contribution is -2.34. The molecule has 1 aliphatic rings. The molecule has 1 aliphatic heterocycles. The molecule has 1 aromatic carbocycles. The molecule has 0 spiro atoms. The molecule has 0 fully saturated rings. The molecule has 0 bridgehead atoms. The Bertz CT molecular complexity index is 792. The lowest BCUT2D eigenvalue weighted by atomic mass is 9.80. The van der Waals surface area contributed by atoms with Gasteiger partial charge in [0.2, 0.25) is 0 Å². The van der Waals surface area contributed by atoms with Gasteiger partial charge >= 0.3 is 11.9 Å². The first-order valence-corrected chi connectivity index (χ1v) is 9.89. The maximum absolute atomic E-state index is 12.7. The van der Waals surface area contributed by atoms with Crippen molar-refractivity contribution >= 4 is 35.3 Å². The zero-order valence-corrected chi connectivity index (χ0v) is 17.1. The van der Waals surface area contributed by atoms with Crippen LogP contribution in [0.25, 0.3) is 0 Å². The van der Waals surface area contributed by atoms with Crippen LogP contribution in [-0.4, -0.2) is 44.2 Å². The predicted octanol–water partition coefficient (Wildman–Crippen LogP) is 2.59. The van der Waals surface area contributed by atoms with Crippen LogP contribution in [0.5, 0.6) is 0 Å². The molecule has 1 aromatic rings. The first-order chi connectivity index (χ1) is 13.0. The number of nitrogens with two attached hydrogens (primary N) is 1. The van der Waals surface area contributed by atoms with E-state index in [1.165, 1.54) is 14.2 Å². The van der Waals surface area contributed by atoms with E-state index in [9.17, 15) is 9.59 Å². The van der Waals surface area contributed by atoms with Gasteiger partial charge in [0.1, 0.15) is 0 Å². The third-order valence-electron chi connectivity index (χ3n) is 4.18. The van der Waals surface area contributed by atoms with Gasteiger partial charge in [0, 0.05) is 34.5 Å². The van der Waals surface area contributed by atoms with Gasteiger partial charge in [0.15, 0.2) is 0 Å². The van der Waals surface area contributed by atoms with E-state index in [1.54, 1.807) is 36.9 Å². The Labute approximate surface area is 168 Å². The van der Waals surface area contributed by atoms with Crippen LogP contribution in [0, 0.1) is 0 Å². The molecule has 146 valence electrons. The van der Waals surface area contributed by atoms with Crippen molar-refractivity contribution in [3.05, 3.63) is 57.4 Å². The van der Waals surface area contributed by atoms with Crippen LogP contribution < -0.4 is 11.1 Å². The summed E-state index contributed by atoms with van der Waals surface area (Å²) in [4.78, 5) is 25.2. The van der Waals surface area contributed by atoms with Gasteiger partial charge in [0.05, 0.1) is 31.3 Å². The van der Waals surface area contributed by atoms with E-state index in [2.05, 4.69) is 5.32 Å². The Balaban J connectivity index is 2.67. The van der Waals surface area contributed by atoms with Crippen LogP contribution in [-0.2, 0) is 19.1 Å². The van der Waals surface area contributed by atoms with Crippen LogP contribution in [0.4, 0.5) is 0 Å². The molecule has 1 heterocycles. The Morgan fingerprint density at radius 3 is 2.41 bits per heavy atom. The summed E-state index contributed by atoms with van der Waals surface area (Å²) in [5, 5.41) is 3.63. The summed E-state index contributed by atoms with van der Waals surface area (Å²) in [6.45, 7) is 2.30. The topological polar surface area (TPSA) is 90.6 Å². The van der Waals surface area contributed by atoms with Crippen molar-refractivity contribution < 1.29 is 19.1 Å². The van der Waals surface area contributed by atoms with Crippen LogP contribution in [0.2, 0.25) is 5.02 Å². The van der Waals surface area contributed by atoms with E-state index in [0.29, 0.717) is 45.4 Å². The first-order valence-electron chi connectivity index (χ1n) is 8.35. The number of nitrogens with one attached hydrogen (secondary N) is 1. The molecule has 8 heteroatoms. The Morgan fingerprint density at radius 1 is 1.19 bits per heavy atom. The SMILES string of the molecule is COC(=O)C1=C(C)NC(CSCCN)=C(C(=O)OC)C1c1ccccc1Cl. The van der Waals surface area contributed by atoms with Crippen molar-refractivity contribution in [2.75, 3.05) is 32.3 Å². The van der Waals surface area contributed by atoms with Gasteiger partial charge in [-0.05, 0) is 18.6 Å². The standard InChI is InChI=1S/C19H23ClN2O4S/c1-11-15(18(23)25-2)16(12-6-4-5-7-13(12)20)17(19(24)26-3)14(22-11)10-27-9-8-21/h4-7,16,22H,8-10,21H2,1-3H3. The van der Waals surface area contributed by atoms with Crippen molar-refractivity contribution in [1.29, 1.82) is 0 Å². The number of rotatable bonds is 7. The van der Waals surface area contributed by atoms with Crippen LogP contribution in [0.1, 0.15) is 18.4 Å². The number of thioether (sulfide) groups is 1.